The van der Waals surface area contributed by atoms with Crippen molar-refractivity contribution in [2.24, 2.45) is 0 Å². The van der Waals surface area contributed by atoms with Crippen LogP contribution in [-0.4, -0.2) is 26.0 Å². The fraction of sp³-hybridized carbons (Fsp3) is 0.261. The highest BCUT2D eigenvalue weighted by Crippen LogP contribution is 2.49. The van der Waals surface area contributed by atoms with Crippen LogP contribution in [0.1, 0.15) is 24.9 Å². The smallest absolute Gasteiger partial charge is 0.325 e. The minimum Gasteiger partial charge on any atom is -0.497 e. The van der Waals surface area contributed by atoms with Crippen LogP contribution in [0.3, 0.4) is 0 Å². The summed E-state index contributed by atoms with van der Waals surface area (Å²) in [7, 11) is 3.18. The maximum Gasteiger partial charge on any atom is 0.325 e. The maximum absolute atomic E-state index is 13.3. The lowest BCUT2D eigenvalue weighted by Gasteiger charge is -2.51. The van der Waals surface area contributed by atoms with Gasteiger partial charge in [-0.05, 0) is 35.9 Å². The first-order valence-corrected chi connectivity index (χ1v) is 9.57. The number of nitrogens with one attached hydrogen (secondary N) is 1. The predicted octanol–water partition coefficient (Wildman–Crippen LogP) is 4.63. The second kappa shape index (κ2) is 6.30. The van der Waals surface area contributed by atoms with Crippen molar-refractivity contribution in [3.63, 3.8) is 0 Å². The summed E-state index contributed by atoms with van der Waals surface area (Å²) in [6.07, 6.45) is 0.611. The van der Waals surface area contributed by atoms with E-state index in [1.165, 1.54) is 0 Å². The van der Waals surface area contributed by atoms with E-state index in [0.717, 1.165) is 22.1 Å². The van der Waals surface area contributed by atoms with Crippen molar-refractivity contribution in [3.05, 3.63) is 60.2 Å². The van der Waals surface area contributed by atoms with Gasteiger partial charge in [0.15, 0.2) is 5.72 Å². The Morgan fingerprint density at radius 1 is 1.10 bits per heavy atom. The van der Waals surface area contributed by atoms with Gasteiger partial charge in [-0.15, -0.1) is 0 Å². The first-order chi connectivity index (χ1) is 14.0. The number of hydrogen-bond donors (Lipinski definition) is 1. The summed E-state index contributed by atoms with van der Waals surface area (Å²) < 4.78 is 17.4. The van der Waals surface area contributed by atoms with E-state index >= 15 is 0 Å². The number of methoxy groups -OCH3 is 2. The van der Waals surface area contributed by atoms with Crippen LogP contribution in [0.4, 0.5) is 10.5 Å². The van der Waals surface area contributed by atoms with Crippen molar-refractivity contribution < 1.29 is 19.0 Å². The monoisotopic (exact) mass is 390 g/mol. The highest BCUT2D eigenvalue weighted by molar-refractivity contribution is 5.98. The molecule has 2 aliphatic heterocycles. The summed E-state index contributed by atoms with van der Waals surface area (Å²) in [6.45, 7) is 1.94. The number of carbonyl (C=O) groups is 1. The van der Waals surface area contributed by atoms with Gasteiger partial charge in [0, 0.05) is 18.1 Å². The zero-order valence-electron chi connectivity index (χ0n) is 16.6. The third-order valence-corrected chi connectivity index (χ3v) is 5.79. The highest BCUT2D eigenvalue weighted by atomic mass is 16.5. The number of benzene rings is 3. The molecule has 148 valence electrons. The molecule has 1 fully saturated rings. The first-order valence-electron chi connectivity index (χ1n) is 9.57. The van der Waals surface area contributed by atoms with E-state index in [4.69, 9.17) is 14.2 Å². The summed E-state index contributed by atoms with van der Waals surface area (Å²) in [5.74, 6) is 2.00. The third-order valence-electron chi connectivity index (χ3n) is 5.79. The summed E-state index contributed by atoms with van der Waals surface area (Å²) in [5.41, 5.74) is 0.781. The molecule has 2 amide bonds. The molecular formula is C23H22N2O4. The van der Waals surface area contributed by atoms with Gasteiger partial charge in [0.2, 0.25) is 0 Å². The fourth-order valence-corrected chi connectivity index (χ4v) is 4.51. The Hall–Kier alpha value is -3.41. The summed E-state index contributed by atoms with van der Waals surface area (Å²) in [6, 6.07) is 17.2. The zero-order chi connectivity index (χ0) is 20.2. The third kappa shape index (κ3) is 2.59. The molecule has 0 saturated carbocycles. The van der Waals surface area contributed by atoms with Gasteiger partial charge >= 0.3 is 6.03 Å². The Bertz CT molecular complexity index is 1130. The van der Waals surface area contributed by atoms with Gasteiger partial charge in [-0.1, -0.05) is 30.3 Å². The molecule has 0 radical (unpaired) electrons. The highest BCUT2D eigenvalue weighted by Gasteiger charge is 2.51. The second-order valence-corrected chi connectivity index (χ2v) is 7.55. The van der Waals surface area contributed by atoms with Gasteiger partial charge in [0.05, 0.1) is 25.9 Å². The van der Waals surface area contributed by atoms with Crippen LogP contribution in [0.25, 0.3) is 10.8 Å². The molecule has 6 heteroatoms. The Morgan fingerprint density at radius 2 is 1.93 bits per heavy atom. The molecule has 5 rings (SSSR count). The molecule has 0 aliphatic carbocycles. The number of amides is 2. The molecule has 0 aromatic heterocycles. The number of nitrogens with zero attached hydrogens (tertiary/aromatic N) is 1. The van der Waals surface area contributed by atoms with Gasteiger partial charge in [-0.25, -0.2) is 4.79 Å². The number of hydrogen-bond acceptors (Lipinski definition) is 4. The van der Waals surface area contributed by atoms with E-state index in [9.17, 15) is 4.79 Å². The van der Waals surface area contributed by atoms with Gasteiger partial charge in [0.1, 0.15) is 17.2 Å². The van der Waals surface area contributed by atoms with Crippen LogP contribution >= 0.6 is 0 Å². The first kappa shape index (κ1) is 17.7. The van der Waals surface area contributed by atoms with Crippen LogP contribution in [0.15, 0.2) is 54.6 Å². The van der Waals surface area contributed by atoms with Gasteiger partial charge in [-0.2, -0.15) is 0 Å². The van der Waals surface area contributed by atoms with E-state index in [1.54, 1.807) is 37.3 Å². The van der Waals surface area contributed by atoms with E-state index in [-0.39, 0.29) is 12.1 Å². The number of anilines is 1. The van der Waals surface area contributed by atoms with E-state index in [1.807, 2.05) is 25.1 Å². The molecule has 0 spiro atoms. The van der Waals surface area contributed by atoms with Crippen LogP contribution in [0, 0.1) is 0 Å². The summed E-state index contributed by atoms with van der Waals surface area (Å²) >= 11 is 0. The quantitative estimate of drug-likeness (QED) is 0.709. The van der Waals surface area contributed by atoms with Crippen molar-refractivity contribution in [2.45, 2.75) is 25.1 Å². The average Bonchev–Trinajstić information content (AvgIpc) is 2.72. The molecule has 1 N–H and O–H groups in total. The molecule has 0 unspecified atom stereocenters. The molecule has 6 nitrogen and oxygen atoms in total. The Kier molecular flexibility index (Phi) is 3.84. The standard InChI is InChI=1S/C23H22N2O4/c1-23-13-17(21-16-7-5-4-6-14(16)8-10-20(21)29-23)24-22(26)25(23)18-12-15(27-2)9-11-19(18)28-3/h4-12,17H,13H2,1-3H3,(H,24,26)/t17-,23+/m0/s1. The maximum atomic E-state index is 13.3. The molecule has 2 heterocycles. The van der Waals surface area contributed by atoms with Gasteiger partial charge < -0.3 is 19.5 Å². The molecule has 29 heavy (non-hydrogen) atoms. The minimum absolute atomic E-state index is 0.129. The molecule has 2 atom stereocenters. The van der Waals surface area contributed by atoms with Crippen LogP contribution < -0.4 is 24.4 Å². The number of carbonyl (C=O) groups excluding carboxylic acids is 1. The molecule has 2 aliphatic rings. The van der Waals surface area contributed by atoms with Crippen molar-refractivity contribution in [3.8, 4) is 17.2 Å². The Balaban J connectivity index is 1.66. The number of rotatable bonds is 3. The average molecular weight is 390 g/mol. The van der Waals surface area contributed by atoms with Crippen LogP contribution in [-0.2, 0) is 0 Å². The SMILES string of the molecule is COc1ccc(OC)c(N2C(=O)N[C@H]3C[C@@]2(C)Oc2ccc4ccccc4c23)c1. The molecule has 2 bridgehead atoms. The van der Waals surface area contributed by atoms with Crippen LogP contribution in [0.5, 0.6) is 17.2 Å². The summed E-state index contributed by atoms with van der Waals surface area (Å²) in [5, 5.41) is 5.40. The second-order valence-electron chi connectivity index (χ2n) is 7.55. The molecule has 3 aromatic rings. The van der Waals surface area contributed by atoms with Crippen molar-refractivity contribution in [1.29, 1.82) is 0 Å². The summed E-state index contributed by atoms with van der Waals surface area (Å²) in [4.78, 5) is 14.9. The molecule has 1 saturated heterocycles. The topological polar surface area (TPSA) is 60.0 Å². The van der Waals surface area contributed by atoms with E-state index in [2.05, 4.69) is 23.5 Å². The Labute approximate surface area is 169 Å². The predicted molar refractivity (Wildman–Crippen MR) is 111 cm³/mol. The van der Waals surface area contributed by atoms with Gasteiger partial charge in [-0.3, -0.25) is 4.90 Å². The van der Waals surface area contributed by atoms with Crippen LogP contribution in [0.2, 0.25) is 0 Å². The Morgan fingerprint density at radius 3 is 2.72 bits per heavy atom. The lowest BCUT2D eigenvalue weighted by Crippen LogP contribution is -2.65. The van der Waals surface area contributed by atoms with Crippen molar-refractivity contribution in [2.75, 3.05) is 19.1 Å². The van der Waals surface area contributed by atoms with E-state index in [0.29, 0.717) is 23.6 Å². The van der Waals surface area contributed by atoms with Crippen molar-refractivity contribution in [1.82, 2.24) is 5.32 Å². The number of ether oxygens (including phenoxy) is 3. The number of fused-ring (bicyclic) bond motifs is 6. The van der Waals surface area contributed by atoms with Crippen molar-refractivity contribution >= 4 is 22.5 Å². The lowest BCUT2D eigenvalue weighted by molar-refractivity contribution is 0.0382. The van der Waals surface area contributed by atoms with Gasteiger partial charge in [0.25, 0.3) is 0 Å². The normalized spacial score (nSPS) is 22.5. The van der Waals surface area contributed by atoms with E-state index < -0.39 is 5.72 Å². The fourth-order valence-electron chi connectivity index (χ4n) is 4.51. The molecule has 3 aromatic carbocycles. The largest absolute Gasteiger partial charge is 0.497 e. The minimum atomic E-state index is -0.859. The molecular weight excluding hydrogens is 368 g/mol. The number of urea groups is 1. The zero-order valence-corrected chi connectivity index (χ0v) is 16.6. The lowest BCUT2D eigenvalue weighted by atomic mass is 9.87.